The number of likely N-dealkylation sites (N-methyl/N-ethyl adjacent to an activating group) is 1. The fourth-order valence-corrected chi connectivity index (χ4v) is 3.14. The van der Waals surface area contributed by atoms with Crippen LogP contribution in [-0.4, -0.2) is 41.7 Å². The molecule has 1 aromatic carbocycles. The van der Waals surface area contributed by atoms with Crippen molar-refractivity contribution in [3.8, 4) is 0 Å². The first-order chi connectivity index (χ1) is 9.04. The fraction of sp³-hybridized carbons (Fsp3) is 0.385. The summed E-state index contributed by atoms with van der Waals surface area (Å²) in [6, 6.07) is 5.65. The number of benzene rings is 1. The van der Waals surface area contributed by atoms with Crippen LogP contribution in [0.2, 0.25) is 0 Å². The van der Waals surface area contributed by atoms with Crippen molar-refractivity contribution in [2.75, 3.05) is 25.2 Å². The Bertz CT molecular complexity index is 519. The number of hydrogen-bond donors (Lipinski definition) is 2. The highest BCUT2D eigenvalue weighted by atomic mass is 32.2. The van der Waals surface area contributed by atoms with Crippen molar-refractivity contribution >= 4 is 40.6 Å². The van der Waals surface area contributed by atoms with Crippen molar-refractivity contribution in [2.24, 2.45) is 5.73 Å². The quantitative estimate of drug-likeness (QED) is 0.654. The van der Waals surface area contributed by atoms with E-state index in [1.807, 2.05) is 31.5 Å². The van der Waals surface area contributed by atoms with Gasteiger partial charge in [0.1, 0.15) is 11.0 Å². The lowest BCUT2D eigenvalue weighted by Crippen LogP contribution is -2.31. The smallest absolute Gasteiger partial charge is 0.244 e. The second kappa shape index (κ2) is 5.79. The number of carbonyl (C=O) groups is 1. The number of likely N-dealkylation sites (tertiary alicyclic amines) is 1. The number of hydrogen-bond acceptors (Lipinski definition) is 4. The molecule has 102 valence electrons. The van der Waals surface area contributed by atoms with Gasteiger partial charge in [-0.25, -0.2) is 0 Å². The summed E-state index contributed by atoms with van der Waals surface area (Å²) < 4.78 is 0. The molecule has 0 saturated carbocycles. The number of nitrogens with zero attached hydrogens (tertiary/aromatic N) is 1. The number of thioether (sulfide) groups is 1. The van der Waals surface area contributed by atoms with E-state index in [1.165, 1.54) is 0 Å². The van der Waals surface area contributed by atoms with E-state index < -0.39 is 0 Å². The SMILES string of the molecule is CSc1cccc(NC2CCN(C)C2=O)c1C(N)=S. The van der Waals surface area contributed by atoms with E-state index in [2.05, 4.69) is 5.32 Å². The Morgan fingerprint density at radius 1 is 1.58 bits per heavy atom. The molecule has 1 aliphatic rings. The highest BCUT2D eigenvalue weighted by Gasteiger charge is 2.29. The molecule has 0 bridgehead atoms. The maximum absolute atomic E-state index is 11.9. The molecule has 19 heavy (non-hydrogen) atoms. The molecule has 1 fully saturated rings. The van der Waals surface area contributed by atoms with E-state index in [0.29, 0.717) is 4.99 Å². The summed E-state index contributed by atoms with van der Waals surface area (Å²) in [6.07, 6.45) is 2.78. The first-order valence-corrected chi connectivity index (χ1v) is 7.66. The van der Waals surface area contributed by atoms with Crippen LogP contribution >= 0.6 is 24.0 Å². The summed E-state index contributed by atoms with van der Waals surface area (Å²) in [5.74, 6) is 0.114. The summed E-state index contributed by atoms with van der Waals surface area (Å²) in [4.78, 5) is 15.0. The van der Waals surface area contributed by atoms with Crippen LogP contribution in [0.1, 0.15) is 12.0 Å². The van der Waals surface area contributed by atoms with E-state index in [-0.39, 0.29) is 11.9 Å². The first kappa shape index (κ1) is 14.1. The van der Waals surface area contributed by atoms with Gasteiger partial charge in [-0.15, -0.1) is 11.8 Å². The summed E-state index contributed by atoms with van der Waals surface area (Å²) in [6.45, 7) is 0.779. The maximum atomic E-state index is 11.9. The van der Waals surface area contributed by atoms with Crippen molar-refractivity contribution in [1.29, 1.82) is 0 Å². The van der Waals surface area contributed by atoms with Gasteiger partial charge < -0.3 is 16.0 Å². The van der Waals surface area contributed by atoms with E-state index in [9.17, 15) is 4.79 Å². The maximum Gasteiger partial charge on any atom is 0.244 e. The van der Waals surface area contributed by atoms with Crippen LogP contribution in [0, 0.1) is 0 Å². The van der Waals surface area contributed by atoms with Crippen molar-refractivity contribution in [2.45, 2.75) is 17.4 Å². The first-order valence-electron chi connectivity index (χ1n) is 6.03. The topological polar surface area (TPSA) is 58.4 Å². The zero-order valence-corrected chi connectivity index (χ0v) is 12.6. The van der Waals surface area contributed by atoms with Gasteiger partial charge in [0, 0.05) is 29.7 Å². The van der Waals surface area contributed by atoms with Gasteiger partial charge in [0.25, 0.3) is 0 Å². The number of thiocarbonyl (C=S) groups is 1. The predicted octanol–water partition coefficient (Wildman–Crippen LogP) is 1.69. The number of carbonyl (C=O) groups excluding carboxylic acids is 1. The van der Waals surface area contributed by atoms with E-state index >= 15 is 0 Å². The minimum Gasteiger partial charge on any atom is -0.389 e. The second-order valence-corrected chi connectivity index (χ2v) is 5.78. The molecule has 2 rings (SSSR count). The summed E-state index contributed by atoms with van der Waals surface area (Å²) in [5.41, 5.74) is 7.48. The molecular weight excluding hydrogens is 278 g/mol. The molecule has 1 unspecified atom stereocenters. The molecule has 1 heterocycles. The van der Waals surface area contributed by atoms with Crippen LogP contribution in [0.15, 0.2) is 23.1 Å². The third-order valence-electron chi connectivity index (χ3n) is 3.25. The Morgan fingerprint density at radius 3 is 2.84 bits per heavy atom. The van der Waals surface area contributed by atoms with E-state index in [0.717, 1.165) is 29.1 Å². The van der Waals surface area contributed by atoms with Crippen LogP contribution in [0.3, 0.4) is 0 Å². The van der Waals surface area contributed by atoms with Crippen molar-refractivity contribution < 1.29 is 4.79 Å². The van der Waals surface area contributed by atoms with E-state index in [4.69, 9.17) is 18.0 Å². The molecule has 1 aromatic rings. The van der Waals surface area contributed by atoms with Crippen molar-refractivity contribution in [3.05, 3.63) is 23.8 Å². The molecule has 0 aromatic heterocycles. The Morgan fingerprint density at radius 2 is 2.32 bits per heavy atom. The molecular formula is C13H17N3OS2. The molecule has 0 aliphatic carbocycles. The summed E-state index contributed by atoms with van der Waals surface area (Å²) in [5, 5.41) is 3.27. The molecule has 1 aliphatic heterocycles. The van der Waals surface area contributed by atoms with Crippen molar-refractivity contribution in [1.82, 2.24) is 4.90 Å². The zero-order chi connectivity index (χ0) is 14.0. The predicted molar refractivity (Wildman–Crippen MR) is 83.8 cm³/mol. The fourth-order valence-electron chi connectivity index (χ4n) is 2.22. The van der Waals surface area contributed by atoms with Crippen LogP contribution in [0.4, 0.5) is 5.69 Å². The molecule has 1 amide bonds. The largest absolute Gasteiger partial charge is 0.389 e. The number of amides is 1. The Kier molecular flexibility index (Phi) is 4.31. The lowest BCUT2D eigenvalue weighted by atomic mass is 10.1. The second-order valence-electron chi connectivity index (χ2n) is 4.49. The third kappa shape index (κ3) is 2.84. The molecule has 3 N–H and O–H groups in total. The standard InChI is InChI=1S/C13H17N3OS2/c1-16-7-6-9(13(16)17)15-8-4-3-5-10(19-2)11(8)12(14)18/h3-5,9,15H,6-7H2,1-2H3,(H2,14,18). The van der Waals surface area contributed by atoms with Gasteiger partial charge in [0.2, 0.25) is 5.91 Å². The Hall–Kier alpha value is -1.27. The molecule has 4 nitrogen and oxygen atoms in total. The number of nitrogens with two attached hydrogens (primary N) is 1. The summed E-state index contributed by atoms with van der Waals surface area (Å²) in [7, 11) is 1.82. The third-order valence-corrected chi connectivity index (χ3v) is 4.23. The average molecular weight is 295 g/mol. The normalized spacial score (nSPS) is 18.7. The highest BCUT2D eigenvalue weighted by molar-refractivity contribution is 7.98. The van der Waals surface area contributed by atoms with Crippen LogP contribution in [0.5, 0.6) is 0 Å². The lowest BCUT2D eigenvalue weighted by molar-refractivity contribution is -0.127. The van der Waals surface area contributed by atoms with Crippen LogP contribution in [0.25, 0.3) is 0 Å². The van der Waals surface area contributed by atoms with Gasteiger partial charge in [-0.3, -0.25) is 4.79 Å². The van der Waals surface area contributed by atoms with Gasteiger partial charge in [0.15, 0.2) is 0 Å². The monoisotopic (exact) mass is 295 g/mol. The Balaban J connectivity index is 2.30. The molecule has 6 heteroatoms. The van der Waals surface area contributed by atoms with Crippen molar-refractivity contribution in [3.63, 3.8) is 0 Å². The minimum atomic E-state index is -0.185. The molecule has 1 saturated heterocycles. The van der Waals surface area contributed by atoms with Crippen LogP contribution in [-0.2, 0) is 4.79 Å². The lowest BCUT2D eigenvalue weighted by Gasteiger charge is -2.18. The molecule has 0 spiro atoms. The zero-order valence-electron chi connectivity index (χ0n) is 11.0. The minimum absolute atomic E-state index is 0.114. The average Bonchev–Trinajstić information content (AvgIpc) is 2.70. The number of anilines is 1. The van der Waals surface area contributed by atoms with Crippen LogP contribution < -0.4 is 11.1 Å². The van der Waals surface area contributed by atoms with Gasteiger partial charge in [-0.1, -0.05) is 18.3 Å². The van der Waals surface area contributed by atoms with Gasteiger partial charge in [-0.2, -0.15) is 0 Å². The number of rotatable bonds is 4. The number of nitrogens with one attached hydrogen (secondary N) is 1. The van der Waals surface area contributed by atoms with Gasteiger partial charge in [0.05, 0.1) is 0 Å². The van der Waals surface area contributed by atoms with E-state index in [1.54, 1.807) is 16.7 Å². The molecule has 0 radical (unpaired) electrons. The van der Waals surface area contributed by atoms with Gasteiger partial charge in [-0.05, 0) is 24.8 Å². The summed E-state index contributed by atoms with van der Waals surface area (Å²) >= 11 is 6.72. The van der Waals surface area contributed by atoms with Gasteiger partial charge >= 0.3 is 0 Å². The Labute approximate surface area is 122 Å². The highest BCUT2D eigenvalue weighted by Crippen LogP contribution is 2.28. The molecule has 1 atom stereocenters.